The Hall–Kier alpha value is -2.40. The smallest absolute Gasteiger partial charge is 0.319 e. The molecule has 6 heteroatoms. The Morgan fingerprint density at radius 1 is 1.24 bits per heavy atom. The van der Waals surface area contributed by atoms with Gasteiger partial charge in [-0.3, -0.25) is 0 Å². The number of halogens is 1. The summed E-state index contributed by atoms with van der Waals surface area (Å²) in [5.41, 5.74) is 2.10. The van der Waals surface area contributed by atoms with Crippen molar-refractivity contribution in [3.8, 4) is 0 Å². The quantitative estimate of drug-likeness (QED) is 0.730. The van der Waals surface area contributed by atoms with Gasteiger partial charge in [-0.15, -0.1) is 0 Å². The molecule has 0 fully saturated rings. The summed E-state index contributed by atoms with van der Waals surface area (Å²) in [6, 6.07) is 15.0. The van der Waals surface area contributed by atoms with Crippen LogP contribution in [0.25, 0.3) is 11.0 Å². The van der Waals surface area contributed by atoms with E-state index in [9.17, 15) is 4.91 Å². The summed E-state index contributed by atoms with van der Waals surface area (Å²) in [5, 5.41) is 6.34. The van der Waals surface area contributed by atoms with E-state index >= 15 is 0 Å². The minimum atomic E-state index is 0.0275. The maximum Gasteiger partial charge on any atom is 0.319 e. The molecule has 3 aromatic rings. The lowest BCUT2D eigenvalue weighted by Crippen LogP contribution is -2.24. The summed E-state index contributed by atoms with van der Waals surface area (Å²) < 4.78 is 0.661. The summed E-state index contributed by atoms with van der Waals surface area (Å²) in [6.07, 6.45) is 0. The van der Waals surface area contributed by atoms with Crippen molar-refractivity contribution in [3.05, 3.63) is 64.0 Å². The topological polar surface area (TPSA) is 63.7 Å². The van der Waals surface area contributed by atoms with E-state index in [-0.39, 0.29) is 6.04 Å². The molecule has 0 aliphatic carbocycles. The SMILES string of the molecule is C[C@@H](Nc1nc2ccc(Cl)cc2[n+](=O)[nH]1)c1ccccc1. The van der Waals surface area contributed by atoms with E-state index in [0.29, 0.717) is 26.5 Å². The lowest BCUT2D eigenvalue weighted by Gasteiger charge is -2.12. The first kappa shape index (κ1) is 13.6. The number of nitrogens with zero attached hydrogens (tertiary/aromatic N) is 2. The Morgan fingerprint density at radius 2 is 2.00 bits per heavy atom. The first-order valence-electron chi connectivity index (χ1n) is 6.57. The number of aromatic nitrogens is 3. The molecule has 3 rings (SSSR count). The molecule has 1 heterocycles. The van der Waals surface area contributed by atoms with Gasteiger partial charge in [0.1, 0.15) is 5.52 Å². The Morgan fingerprint density at radius 3 is 2.76 bits per heavy atom. The van der Waals surface area contributed by atoms with Crippen LogP contribution >= 0.6 is 11.6 Å². The van der Waals surface area contributed by atoms with Gasteiger partial charge in [-0.1, -0.05) is 47.0 Å². The monoisotopic (exact) mass is 301 g/mol. The summed E-state index contributed by atoms with van der Waals surface area (Å²) >= 11 is 5.89. The fourth-order valence-corrected chi connectivity index (χ4v) is 2.32. The number of nitrogens with one attached hydrogen (secondary N) is 2. The molecular formula is C15H14ClN4O+. The second-order valence-corrected chi connectivity index (χ2v) is 5.21. The predicted octanol–water partition coefficient (Wildman–Crippen LogP) is 3.30. The Balaban J connectivity index is 1.95. The maximum atomic E-state index is 12.0. The first-order chi connectivity index (χ1) is 10.1. The van der Waals surface area contributed by atoms with Crippen molar-refractivity contribution in [1.82, 2.24) is 10.1 Å². The summed E-state index contributed by atoms with van der Waals surface area (Å²) in [6.45, 7) is 2.01. The van der Waals surface area contributed by atoms with E-state index in [1.807, 2.05) is 37.3 Å². The highest BCUT2D eigenvalue weighted by atomic mass is 35.5. The lowest BCUT2D eigenvalue weighted by atomic mass is 10.1. The molecule has 0 amide bonds. The van der Waals surface area contributed by atoms with Gasteiger partial charge in [0.25, 0.3) is 5.95 Å². The molecule has 0 aliphatic heterocycles. The third kappa shape index (κ3) is 2.87. The van der Waals surface area contributed by atoms with Crippen LogP contribution in [0.3, 0.4) is 0 Å². The van der Waals surface area contributed by atoms with Crippen LogP contribution in [0, 0.1) is 4.91 Å². The molecule has 106 valence electrons. The standard InChI is InChI=1S/C15H14ClN4O/c1-10(11-5-3-2-4-6-11)17-15-18-13-8-7-12(16)9-14(13)20(21)19-15/h2-10H,1H3,(H2,17,18,19,21)/q+1/t10-/m1/s1. The zero-order valence-electron chi connectivity index (χ0n) is 11.4. The highest BCUT2D eigenvalue weighted by Gasteiger charge is 2.14. The van der Waals surface area contributed by atoms with Crippen LogP contribution in [-0.4, -0.2) is 10.1 Å². The van der Waals surface area contributed by atoms with Gasteiger partial charge in [0, 0.05) is 11.1 Å². The van der Waals surface area contributed by atoms with Crippen LogP contribution in [0.2, 0.25) is 5.02 Å². The molecule has 0 unspecified atom stereocenters. The van der Waals surface area contributed by atoms with Gasteiger partial charge in [0.05, 0.1) is 10.9 Å². The average molecular weight is 302 g/mol. The number of benzene rings is 2. The highest BCUT2D eigenvalue weighted by molar-refractivity contribution is 6.31. The molecule has 2 N–H and O–H groups in total. The number of rotatable bonds is 3. The molecule has 1 atom stereocenters. The van der Waals surface area contributed by atoms with Crippen LogP contribution in [0.15, 0.2) is 48.5 Å². The Kier molecular flexibility index (Phi) is 3.58. The van der Waals surface area contributed by atoms with E-state index in [1.54, 1.807) is 18.2 Å². The van der Waals surface area contributed by atoms with Crippen LogP contribution in [0.1, 0.15) is 18.5 Å². The maximum absolute atomic E-state index is 12.0. The van der Waals surface area contributed by atoms with Crippen molar-refractivity contribution in [2.24, 2.45) is 0 Å². The van der Waals surface area contributed by atoms with Gasteiger partial charge < -0.3 is 5.32 Å². The fraction of sp³-hybridized carbons (Fsp3) is 0.133. The molecule has 21 heavy (non-hydrogen) atoms. The molecule has 0 spiro atoms. The number of hydrogen-bond donors (Lipinski definition) is 2. The van der Waals surface area contributed by atoms with E-state index < -0.39 is 0 Å². The second kappa shape index (κ2) is 5.54. The first-order valence-corrected chi connectivity index (χ1v) is 6.95. The molecule has 0 saturated carbocycles. The van der Waals surface area contributed by atoms with Crippen molar-refractivity contribution in [2.75, 3.05) is 5.32 Å². The summed E-state index contributed by atoms with van der Waals surface area (Å²) in [4.78, 5) is 16.4. The molecular weight excluding hydrogens is 288 g/mol. The van der Waals surface area contributed by atoms with Gasteiger partial charge in [0.15, 0.2) is 4.54 Å². The molecule has 5 nitrogen and oxygen atoms in total. The largest absolute Gasteiger partial charge is 0.345 e. The number of anilines is 1. The fourth-order valence-electron chi connectivity index (χ4n) is 2.15. The Bertz CT molecular complexity index is 832. The van der Waals surface area contributed by atoms with Gasteiger partial charge in [-0.2, -0.15) is 0 Å². The third-order valence-corrected chi connectivity index (χ3v) is 3.48. The summed E-state index contributed by atoms with van der Waals surface area (Å²) in [7, 11) is 0. The van der Waals surface area contributed by atoms with E-state index in [4.69, 9.17) is 11.6 Å². The van der Waals surface area contributed by atoms with Crippen molar-refractivity contribution < 1.29 is 4.54 Å². The van der Waals surface area contributed by atoms with Gasteiger partial charge in [-0.05, 0) is 24.6 Å². The number of fused-ring (bicyclic) bond motifs is 1. The normalized spacial score (nSPS) is 12.3. The van der Waals surface area contributed by atoms with Crippen LogP contribution < -0.4 is 9.86 Å². The van der Waals surface area contributed by atoms with Crippen LogP contribution in [0.5, 0.6) is 0 Å². The molecule has 0 bridgehead atoms. The average Bonchev–Trinajstić information content (AvgIpc) is 2.49. The van der Waals surface area contributed by atoms with E-state index in [0.717, 1.165) is 5.56 Å². The van der Waals surface area contributed by atoms with Crippen molar-refractivity contribution >= 4 is 28.6 Å². The van der Waals surface area contributed by atoms with Gasteiger partial charge in [-0.25, -0.2) is 4.98 Å². The number of hydrogen-bond acceptors (Lipinski definition) is 3. The van der Waals surface area contributed by atoms with Crippen molar-refractivity contribution in [2.45, 2.75) is 13.0 Å². The Labute approximate surface area is 126 Å². The molecule has 2 aromatic carbocycles. The van der Waals surface area contributed by atoms with Crippen molar-refractivity contribution in [3.63, 3.8) is 0 Å². The lowest BCUT2D eigenvalue weighted by molar-refractivity contribution is -0.535. The predicted molar refractivity (Wildman–Crippen MR) is 83.0 cm³/mol. The molecule has 0 aliphatic rings. The second-order valence-electron chi connectivity index (χ2n) is 4.78. The van der Waals surface area contributed by atoms with Crippen molar-refractivity contribution in [1.29, 1.82) is 0 Å². The molecule has 0 saturated heterocycles. The van der Waals surface area contributed by atoms with E-state index in [1.165, 1.54) is 0 Å². The van der Waals surface area contributed by atoms with E-state index in [2.05, 4.69) is 15.4 Å². The minimum Gasteiger partial charge on any atom is -0.345 e. The molecule has 0 radical (unpaired) electrons. The zero-order chi connectivity index (χ0) is 14.8. The van der Waals surface area contributed by atoms with Crippen LogP contribution in [-0.2, 0) is 0 Å². The number of aromatic amines is 1. The highest BCUT2D eigenvalue weighted by Crippen LogP contribution is 2.18. The number of H-pyrrole nitrogens is 1. The zero-order valence-corrected chi connectivity index (χ0v) is 12.1. The third-order valence-electron chi connectivity index (χ3n) is 3.25. The van der Waals surface area contributed by atoms with Gasteiger partial charge in [0.2, 0.25) is 0 Å². The molecule has 1 aromatic heterocycles. The minimum absolute atomic E-state index is 0.0275. The van der Waals surface area contributed by atoms with Crippen LogP contribution in [0.4, 0.5) is 5.95 Å². The van der Waals surface area contributed by atoms with Gasteiger partial charge >= 0.3 is 5.52 Å². The summed E-state index contributed by atoms with van der Waals surface area (Å²) in [5.74, 6) is 0.413.